The topological polar surface area (TPSA) is 3.24 Å². The van der Waals surface area contributed by atoms with Crippen molar-refractivity contribution in [3.8, 4) is 0 Å². The molecule has 1 heterocycles. The summed E-state index contributed by atoms with van der Waals surface area (Å²) in [7, 11) is 0. The van der Waals surface area contributed by atoms with E-state index in [2.05, 4.69) is 25.7 Å². The highest BCUT2D eigenvalue weighted by molar-refractivity contribution is 7.80. The van der Waals surface area contributed by atoms with Crippen molar-refractivity contribution in [1.82, 2.24) is 4.90 Å². The SMILES string of the molecule is CC(C)N1C(=S)CC[C@H]1C. The highest BCUT2D eigenvalue weighted by Crippen LogP contribution is 2.21. The van der Waals surface area contributed by atoms with Gasteiger partial charge in [-0.25, -0.2) is 0 Å². The Kier molecular flexibility index (Phi) is 2.29. The minimum absolute atomic E-state index is 0.588. The summed E-state index contributed by atoms with van der Waals surface area (Å²) in [6.07, 6.45) is 2.37. The van der Waals surface area contributed by atoms with Crippen LogP contribution in [0.15, 0.2) is 0 Å². The third kappa shape index (κ3) is 1.31. The molecule has 0 amide bonds. The van der Waals surface area contributed by atoms with Gasteiger partial charge in [0.2, 0.25) is 0 Å². The fraction of sp³-hybridized carbons (Fsp3) is 0.875. The molecule has 0 radical (unpaired) electrons. The lowest BCUT2D eigenvalue weighted by Gasteiger charge is -2.27. The normalized spacial score (nSPS) is 26.6. The standard InChI is InChI=1S/C8H15NS/c1-6(2)9-7(3)4-5-8(9)10/h6-7H,4-5H2,1-3H3/t7-/m1/s1. The molecule has 0 aromatic carbocycles. The van der Waals surface area contributed by atoms with Crippen molar-refractivity contribution in [2.75, 3.05) is 0 Å². The summed E-state index contributed by atoms with van der Waals surface area (Å²) >= 11 is 5.22. The van der Waals surface area contributed by atoms with Crippen LogP contribution in [0.3, 0.4) is 0 Å². The van der Waals surface area contributed by atoms with Gasteiger partial charge in [0.05, 0.1) is 4.99 Å². The van der Waals surface area contributed by atoms with E-state index in [1.54, 1.807) is 0 Å². The minimum atomic E-state index is 0.588. The molecular formula is C8H15NS. The molecule has 1 aliphatic heterocycles. The first kappa shape index (κ1) is 7.99. The molecular weight excluding hydrogens is 142 g/mol. The maximum absolute atomic E-state index is 5.22. The summed E-state index contributed by atoms with van der Waals surface area (Å²) in [5, 5.41) is 0. The van der Waals surface area contributed by atoms with Crippen LogP contribution in [0.2, 0.25) is 0 Å². The van der Waals surface area contributed by atoms with Gasteiger partial charge in [-0.3, -0.25) is 0 Å². The number of thiocarbonyl (C=S) groups is 1. The quantitative estimate of drug-likeness (QED) is 0.537. The van der Waals surface area contributed by atoms with Crippen molar-refractivity contribution in [3.05, 3.63) is 0 Å². The molecule has 0 spiro atoms. The van der Waals surface area contributed by atoms with Crippen molar-refractivity contribution in [2.24, 2.45) is 0 Å². The number of nitrogens with zero attached hydrogens (tertiary/aromatic N) is 1. The van der Waals surface area contributed by atoms with E-state index in [0.717, 1.165) is 11.4 Å². The maximum atomic E-state index is 5.22. The van der Waals surface area contributed by atoms with E-state index < -0.39 is 0 Å². The van der Waals surface area contributed by atoms with E-state index in [-0.39, 0.29) is 0 Å². The van der Waals surface area contributed by atoms with E-state index in [1.807, 2.05) is 0 Å². The zero-order valence-electron chi connectivity index (χ0n) is 6.92. The molecule has 0 aliphatic carbocycles. The lowest BCUT2D eigenvalue weighted by atomic mass is 10.2. The first-order chi connectivity index (χ1) is 4.63. The van der Waals surface area contributed by atoms with Crippen molar-refractivity contribution >= 4 is 17.2 Å². The van der Waals surface area contributed by atoms with Gasteiger partial charge in [-0.05, 0) is 33.6 Å². The second-order valence-corrected chi connectivity index (χ2v) is 3.75. The lowest BCUT2D eigenvalue weighted by Crippen LogP contribution is -2.36. The molecule has 1 fully saturated rings. The van der Waals surface area contributed by atoms with E-state index in [0.29, 0.717) is 12.1 Å². The van der Waals surface area contributed by atoms with Gasteiger partial charge in [-0.2, -0.15) is 0 Å². The third-order valence-electron chi connectivity index (χ3n) is 2.10. The van der Waals surface area contributed by atoms with Crippen molar-refractivity contribution in [3.63, 3.8) is 0 Å². The molecule has 0 aromatic rings. The van der Waals surface area contributed by atoms with Gasteiger partial charge in [0.15, 0.2) is 0 Å². The van der Waals surface area contributed by atoms with Crippen molar-refractivity contribution in [2.45, 2.75) is 45.7 Å². The number of rotatable bonds is 1. The molecule has 1 saturated heterocycles. The van der Waals surface area contributed by atoms with E-state index >= 15 is 0 Å². The van der Waals surface area contributed by atoms with E-state index in [9.17, 15) is 0 Å². The highest BCUT2D eigenvalue weighted by Gasteiger charge is 2.25. The van der Waals surface area contributed by atoms with Gasteiger partial charge in [-0.1, -0.05) is 12.2 Å². The van der Waals surface area contributed by atoms with Crippen LogP contribution in [-0.2, 0) is 0 Å². The summed E-state index contributed by atoms with van der Waals surface area (Å²) in [5.74, 6) is 0. The predicted molar refractivity (Wildman–Crippen MR) is 48.3 cm³/mol. The largest absolute Gasteiger partial charge is 0.361 e. The fourth-order valence-electron chi connectivity index (χ4n) is 1.64. The molecule has 0 bridgehead atoms. The Balaban J connectivity index is 2.63. The van der Waals surface area contributed by atoms with Gasteiger partial charge in [-0.15, -0.1) is 0 Å². The van der Waals surface area contributed by atoms with Crippen LogP contribution < -0.4 is 0 Å². The second-order valence-electron chi connectivity index (χ2n) is 3.28. The average molecular weight is 157 g/mol. The van der Waals surface area contributed by atoms with Crippen LogP contribution in [0.1, 0.15) is 33.6 Å². The first-order valence-electron chi connectivity index (χ1n) is 3.94. The van der Waals surface area contributed by atoms with Gasteiger partial charge in [0.1, 0.15) is 0 Å². The summed E-state index contributed by atoms with van der Waals surface area (Å²) in [4.78, 5) is 3.50. The number of likely N-dealkylation sites (tertiary alicyclic amines) is 1. The van der Waals surface area contributed by atoms with Crippen LogP contribution in [0, 0.1) is 0 Å². The molecule has 1 rings (SSSR count). The number of hydrogen-bond donors (Lipinski definition) is 0. The minimum Gasteiger partial charge on any atom is -0.361 e. The first-order valence-corrected chi connectivity index (χ1v) is 4.35. The lowest BCUT2D eigenvalue weighted by molar-refractivity contribution is 0.304. The Labute approximate surface area is 68.4 Å². The van der Waals surface area contributed by atoms with Gasteiger partial charge < -0.3 is 4.90 Å². The summed E-state index contributed by atoms with van der Waals surface area (Å²) in [6, 6.07) is 1.26. The van der Waals surface area contributed by atoms with Crippen LogP contribution >= 0.6 is 12.2 Å². The summed E-state index contributed by atoms with van der Waals surface area (Å²) in [5.41, 5.74) is 0. The smallest absolute Gasteiger partial charge is 0.0784 e. The zero-order chi connectivity index (χ0) is 7.72. The molecule has 1 atom stereocenters. The fourth-order valence-corrected chi connectivity index (χ4v) is 2.15. The zero-order valence-corrected chi connectivity index (χ0v) is 7.74. The molecule has 0 saturated carbocycles. The summed E-state index contributed by atoms with van der Waals surface area (Å²) < 4.78 is 0. The number of hydrogen-bond acceptors (Lipinski definition) is 1. The van der Waals surface area contributed by atoms with Gasteiger partial charge >= 0.3 is 0 Å². The monoisotopic (exact) mass is 157 g/mol. The highest BCUT2D eigenvalue weighted by atomic mass is 32.1. The van der Waals surface area contributed by atoms with Crippen LogP contribution in [-0.4, -0.2) is 22.0 Å². The second kappa shape index (κ2) is 2.87. The molecule has 58 valence electrons. The Hall–Kier alpha value is -0.110. The van der Waals surface area contributed by atoms with E-state index in [4.69, 9.17) is 12.2 Å². The third-order valence-corrected chi connectivity index (χ3v) is 2.51. The maximum Gasteiger partial charge on any atom is 0.0784 e. The molecule has 10 heavy (non-hydrogen) atoms. The molecule has 0 unspecified atom stereocenters. The molecule has 2 heteroatoms. The molecule has 0 N–H and O–H groups in total. The van der Waals surface area contributed by atoms with Crippen molar-refractivity contribution in [1.29, 1.82) is 0 Å². The Morgan fingerprint density at radius 3 is 2.40 bits per heavy atom. The average Bonchev–Trinajstić information content (AvgIpc) is 2.11. The predicted octanol–water partition coefficient (Wildman–Crippen LogP) is 2.21. The van der Waals surface area contributed by atoms with Crippen LogP contribution in [0.4, 0.5) is 0 Å². The van der Waals surface area contributed by atoms with E-state index in [1.165, 1.54) is 6.42 Å². The Morgan fingerprint density at radius 1 is 1.60 bits per heavy atom. The van der Waals surface area contributed by atoms with Crippen LogP contribution in [0.5, 0.6) is 0 Å². The Bertz CT molecular complexity index is 142. The Morgan fingerprint density at radius 2 is 2.20 bits per heavy atom. The van der Waals surface area contributed by atoms with Gasteiger partial charge in [0, 0.05) is 12.1 Å². The molecule has 0 aromatic heterocycles. The van der Waals surface area contributed by atoms with Crippen molar-refractivity contribution < 1.29 is 0 Å². The van der Waals surface area contributed by atoms with Gasteiger partial charge in [0.25, 0.3) is 0 Å². The molecule has 1 aliphatic rings. The van der Waals surface area contributed by atoms with Crippen LogP contribution in [0.25, 0.3) is 0 Å². The summed E-state index contributed by atoms with van der Waals surface area (Å²) in [6.45, 7) is 6.65. The molecule has 1 nitrogen and oxygen atoms in total.